The number of aryl methyl sites for hydroxylation is 1. The van der Waals surface area contributed by atoms with Crippen LogP contribution in [0.25, 0.3) is 11.0 Å². The minimum absolute atomic E-state index is 0.378. The van der Waals surface area contributed by atoms with Crippen LogP contribution in [0.3, 0.4) is 0 Å². The summed E-state index contributed by atoms with van der Waals surface area (Å²) in [5.74, 6) is -0.926. The highest BCUT2D eigenvalue weighted by Gasteiger charge is 2.41. The van der Waals surface area contributed by atoms with Crippen molar-refractivity contribution >= 4 is 16.9 Å². The second-order valence-electron chi connectivity index (χ2n) is 5.52. The van der Waals surface area contributed by atoms with E-state index in [2.05, 4.69) is 10.1 Å². The van der Waals surface area contributed by atoms with E-state index in [0.717, 1.165) is 22.2 Å². The van der Waals surface area contributed by atoms with Gasteiger partial charge in [-0.05, 0) is 31.0 Å². The van der Waals surface area contributed by atoms with Gasteiger partial charge in [0.15, 0.2) is 5.58 Å². The molecule has 1 fully saturated rings. The number of nitrogens with zero attached hydrogens (tertiary/aromatic N) is 2. The fourth-order valence-electron chi connectivity index (χ4n) is 2.69. The van der Waals surface area contributed by atoms with Gasteiger partial charge in [-0.15, -0.1) is 0 Å². The highest BCUT2D eigenvalue weighted by atomic mass is 16.5. The average molecular weight is 275 g/mol. The number of nitrogens with two attached hydrogens (primary N) is 1. The van der Waals surface area contributed by atoms with Crippen LogP contribution in [0, 0.1) is 6.92 Å². The van der Waals surface area contributed by atoms with Crippen molar-refractivity contribution in [1.29, 1.82) is 0 Å². The third kappa shape index (κ3) is 2.17. The third-order valence-corrected chi connectivity index (χ3v) is 3.93. The van der Waals surface area contributed by atoms with Gasteiger partial charge in [0.1, 0.15) is 5.54 Å². The summed E-state index contributed by atoms with van der Waals surface area (Å²) < 4.78 is 5.18. The van der Waals surface area contributed by atoms with E-state index in [0.29, 0.717) is 26.1 Å². The van der Waals surface area contributed by atoms with Crippen molar-refractivity contribution in [2.24, 2.45) is 5.73 Å². The molecule has 1 aromatic heterocycles. The minimum atomic E-state index is -1.11. The lowest BCUT2D eigenvalue weighted by atomic mass is 10.0. The van der Waals surface area contributed by atoms with Crippen molar-refractivity contribution in [2.75, 3.05) is 13.1 Å². The van der Waals surface area contributed by atoms with Crippen LogP contribution in [-0.2, 0) is 11.3 Å². The van der Waals surface area contributed by atoms with Crippen molar-refractivity contribution in [1.82, 2.24) is 10.1 Å². The Morgan fingerprint density at radius 2 is 2.40 bits per heavy atom. The summed E-state index contributed by atoms with van der Waals surface area (Å²) >= 11 is 0. The van der Waals surface area contributed by atoms with E-state index in [1.807, 2.05) is 25.1 Å². The highest BCUT2D eigenvalue weighted by molar-refractivity contribution is 5.80. The van der Waals surface area contributed by atoms with Gasteiger partial charge in [-0.2, -0.15) is 0 Å². The first-order valence-corrected chi connectivity index (χ1v) is 6.57. The van der Waals surface area contributed by atoms with Crippen LogP contribution in [0.5, 0.6) is 0 Å². The van der Waals surface area contributed by atoms with Crippen LogP contribution >= 0.6 is 0 Å². The minimum Gasteiger partial charge on any atom is -0.480 e. The maximum Gasteiger partial charge on any atom is 0.325 e. The maximum atomic E-state index is 11.1. The summed E-state index contributed by atoms with van der Waals surface area (Å²) in [6.07, 6.45) is 0.483. The Hall–Kier alpha value is -1.92. The van der Waals surface area contributed by atoms with Gasteiger partial charge >= 0.3 is 5.97 Å². The molecule has 1 aliphatic rings. The Morgan fingerprint density at radius 3 is 3.10 bits per heavy atom. The molecular weight excluding hydrogens is 258 g/mol. The molecule has 2 heterocycles. The standard InChI is InChI=1S/C14H17N3O3/c1-9-11-6-10(2-3-12(11)20-16-9)7-17-5-4-14(15,8-17)13(18)19/h2-3,6H,4-5,7-8,15H2,1H3,(H,18,19). The van der Waals surface area contributed by atoms with E-state index in [1.54, 1.807) is 0 Å². The molecule has 2 aromatic rings. The predicted octanol–water partition coefficient (Wildman–Crippen LogP) is 1.12. The number of carboxylic acids is 1. The smallest absolute Gasteiger partial charge is 0.325 e. The molecule has 0 radical (unpaired) electrons. The van der Waals surface area contributed by atoms with Gasteiger partial charge in [0.05, 0.1) is 5.69 Å². The number of carboxylic acid groups (broad SMARTS) is 1. The molecule has 1 aliphatic heterocycles. The number of hydrogen-bond acceptors (Lipinski definition) is 5. The molecule has 0 amide bonds. The first kappa shape index (κ1) is 13.1. The van der Waals surface area contributed by atoms with Crippen molar-refractivity contribution < 1.29 is 14.4 Å². The quantitative estimate of drug-likeness (QED) is 0.872. The Labute approximate surface area is 116 Å². The molecule has 6 nitrogen and oxygen atoms in total. The Bertz CT molecular complexity index is 667. The number of carbonyl (C=O) groups is 1. The summed E-state index contributed by atoms with van der Waals surface area (Å²) in [7, 11) is 0. The molecule has 0 aliphatic carbocycles. The van der Waals surface area contributed by atoms with Crippen LogP contribution in [0.1, 0.15) is 17.7 Å². The van der Waals surface area contributed by atoms with E-state index in [9.17, 15) is 4.79 Å². The van der Waals surface area contributed by atoms with Gasteiger partial charge in [0.25, 0.3) is 0 Å². The molecule has 3 rings (SSSR count). The van der Waals surface area contributed by atoms with Crippen molar-refractivity contribution in [2.45, 2.75) is 25.4 Å². The topological polar surface area (TPSA) is 92.6 Å². The molecule has 20 heavy (non-hydrogen) atoms. The second kappa shape index (κ2) is 4.57. The molecule has 1 aromatic carbocycles. The predicted molar refractivity (Wildman–Crippen MR) is 73.2 cm³/mol. The van der Waals surface area contributed by atoms with E-state index in [1.165, 1.54) is 0 Å². The SMILES string of the molecule is Cc1noc2ccc(CN3CCC(N)(C(=O)O)C3)cc12. The zero-order valence-electron chi connectivity index (χ0n) is 11.3. The molecule has 1 unspecified atom stereocenters. The van der Waals surface area contributed by atoms with Crippen LogP contribution < -0.4 is 5.73 Å². The van der Waals surface area contributed by atoms with Gasteiger partial charge in [0.2, 0.25) is 0 Å². The zero-order chi connectivity index (χ0) is 14.3. The third-order valence-electron chi connectivity index (χ3n) is 3.93. The normalized spacial score (nSPS) is 23.5. The lowest BCUT2D eigenvalue weighted by Gasteiger charge is -2.20. The van der Waals surface area contributed by atoms with Gasteiger partial charge < -0.3 is 15.4 Å². The highest BCUT2D eigenvalue weighted by Crippen LogP contribution is 2.24. The largest absolute Gasteiger partial charge is 0.480 e. The molecular formula is C14H17N3O3. The number of rotatable bonds is 3. The number of hydrogen-bond donors (Lipinski definition) is 2. The van der Waals surface area contributed by atoms with Gasteiger partial charge in [-0.3, -0.25) is 9.69 Å². The molecule has 0 bridgehead atoms. The number of likely N-dealkylation sites (tertiary alicyclic amines) is 1. The first-order chi connectivity index (χ1) is 9.48. The number of aromatic nitrogens is 1. The Kier molecular flexibility index (Phi) is 2.99. The maximum absolute atomic E-state index is 11.1. The van der Waals surface area contributed by atoms with E-state index >= 15 is 0 Å². The Balaban J connectivity index is 1.77. The second-order valence-corrected chi connectivity index (χ2v) is 5.52. The van der Waals surface area contributed by atoms with E-state index < -0.39 is 11.5 Å². The summed E-state index contributed by atoms with van der Waals surface area (Å²) in [6, 6.07) is 5.91. The fourth-order valence-corrected chi connectivity index (χ4v) is 2.69. The van der Waals surface area contributed by atoms with Gasteiger partial charge in [0, 0.05) is 25.0 Å². The summed E-state index contributed by atoms with van der Waals surface area (Å²) in [5, 5.41) is 14.1. The molecule has 1 saturated heterocycles. The zero-order valence-corrected chi connectivity index (χ0v) is 11.3. The van der Waals surface area contributed by atoms with Gasteiger partial charge in [-0.25, -0.2) is 0 Å². The number of fused-ring (bicyclic) bond motifs is 1. The molecule has 1 atom stereocenters. The molecule has 6 heteroatoms. The number of benzene rings is 1. The number of aliphatic carboxylic acids is 1. The lowest BCUT2D eigenvalue weighted by molar-refractivity contribution is -0.142. The van der Waals surface area contributed by atoms with Crippen LogP contribution in [0.2, 0.25) is 0 Å². The van der Waals surface area contributed by atoms with Crippen molar-refractivity contribution in [3.63, 3.8) is 0 Å². The molecule has 106 valence electrons. The van der Waals surface area contributed by atoms with E-state index in [4.69, 9.17) is 15.4 Å². The summed E-state index contributed by atoms with van der Waals surface area (Å²) in [4.78, 5) is 13.2. The fraction of sp³-hybridized carbons (Fsp3) is 0.429. The first-order valence-electron chi connectivity index (χ1n) is 6.57. The van der Waals surface area contributed by atoms with Crippen molar-refractivity contribution in [3.05, 3.63) is 29.5 Å². The molecule has 0 saturated carbocycles. The molecule has 0 spiro atoms. The summed E-state index contributed by atoms with van der Waals surface area (Å²) in [5.41, 5.74) is 7.51. The van der Waals surface area contributed by atoms with Crippen LogP contribution in [0.15, 0.2) is 22.7 Å². The average Bonchev–Trinajstić information content (AvgIpc) is 2.96. The summed E-state index contributed by atoms with van der Waals surface area (Å²) in [6.45, 7) is 3.67. The van der Waals surface area contributed by atoms with Gasteiger partial charge in [-0.1, -0.05) is 11.2 Å². The van der Waals surface area contributed by atoms with Crippen LogP contribution in [0.4, 0.5) is 0 Å². The Morgan fingerprint density at radius 1 is 1.60 bits per heavy atom. The van der Waals surface area contributed by atoms with Crippen molar-refractivity contribution in [3.8, 4) is 0 Å². The van der Waals surface area contributed by atoms with Crippen LogP contribution in [-0.4, -0.2) is 39.8 Å². The lowest BCUT2D eigenvalue weighted by Crippen LogP contribution is -2.50. The monoisotopic (exact) mass is 275 g/mol. The van der Waals surface area contributed by atoms with E-state index in [-0.39, 0.29) is 0 Å². The molecule has 3 N–H and O–H groups in total.